The van der Waals surface area contributed by atoms with E-state index in [2.05, 4.69) is 10.2 Å². The Balaban J connectivity index is 2.01. The third kappa shape index (κ3) is 2.37. The van der Waals surface area contributed by atoms with Crippen LogP contribution in [0.3, 0.4) is 0 Å². The molecule has 2 amide bonds. The molecule has 0 saturated carbocycles. The lowest BCUT2D eigenvalue weighted by atomic mass is 10.3. The maximum Gasteiger partial charge on any atom is 0.275 e. The molecule has 1 aromatic rings. The highest BCUT2D eigenvalue weighted by atomic mass is 16.2. The van der Waals surface area contributed by atoms with Gasteiger partial charge in [-0.15, -0.1) is 0 Å². The zero-order valence-electron chi connectivity index (χ0n) is 10.8. The number of carbonyl (C=O) groups is 2. The maximum atomic E-state index is 12.1. The van der Waals surface area contributed by atoms with E-state index in [4.69, 9.17) is 0 Å². The number of nitrogens with zero attached hydrogens (tertiary/aromatic N) is 3. The summed E-state index contributed by atoms with van der Waals surface area (Å²) in [7, 11) is 0. The fourth-order valence-electron chi connectivity index (χ4n) is 2.00. The van der Waals surface area contributed by atoms with Gasteiger partial charge >= 0.3 is 0 Å². The van der Waals surface area contributed by atoms with Crippen LogP contribution in [0.2, 0.25) is 0 Å². The van der Waals surface area contributed by atoms with Crippen LogP contribution in [0, 0.1) is 0 Å². The smallest absolute Gasteiger partial charge is 0.275 e. The molecule has 18 heavy (non-hydrogen) atoms. The largest absolute Gasteiger partial charge is 0.323 e. The molecule has 0 bridgehead atoms. The number of H-pyrrole nitrogens is 1. The highest BCUT2D eigenvalue weighted by Gasteiger charge is 2.28. The number of rotatable bonds is 3. The van der Waals surface area contributed by atoms with Crippen LogP contribution < -0.4 is 0 Å². The van der Waals surface area contributed by atoms with Crippen molar-refractivity contribution in [3.05, 3.63) is 17.5 Å². The standard InChI is InChI=1S/C12H18N4O2/c1-3-9-7-10(14-13-9)12(18)16-6-5-15(8-16)11(17)4-2/h7H,3-6,8H2,1-2H3,(H,13,14). The summed E-state index contributed by atoms with van der Waals surface area (Å²) in [6, 6.07) is 1.77. The van der Waals surface area contributed by atoms with E-state index in [0.717, 1.165) is 12.1 Å². The van der Waals surface area contributed by atoms with Crippen molar-refractivity contribution in [3.63, 3.8) is 0 Å². The van der Waals surface area contributed by atoms with Crippen LogP contribution in [-0.4, -0.2) is 51.6 Å². The predicted octanol–water partition coefficient (Wildman–Crippen LogP) is 0.624. The zero-order valence-corrected chi connectivity index (χ0v) is 10.8. The monoisotopic (exact) mass is 250 g/mol. The van der Waals surface area contributed by atoms with Gasteiger partial charge in [0.05, 0.1) is 6.67 Å². The van der Waals surface area contributed by atoms with E-state index < -0.39 is 0 Å². The number of aryl methyl sites for hydroxylation is 1. The molecule has 6 heteroatoms. The molecular weight excluding hydrogens is 232 g/mol. The normalized spacial score (nSPS) is 15.2. The summed E-state index contributed by atoms with van der Waals surface area (Å²) in [5.74, 6) is -0.0288. The molecule has 0 aliphatic carbocycles. The molecule has 1 aliphatic rings. The second-order valence-electron chi connectivity index (χ2n) is 4.35. The molecule has 0 radical (unpaired) electrons. The summed E-state index contributed by atoms with van der Waals surface area (Å²) in [4.78, 5) is 27.0. The summed E-state index contributed by atoms with van der Waals surface area (Å²) >= 11 is 0. The lowest BCUT2D eigenvalue weighted by Crippen LogP contribution is -2.33. The summed E-state index contributed by atoms with van der Waals surface area (Å²) < 4.78 is 0. The van der Waals surface area contributed by atoms with E-state index in [-0.39, 0.29) is 11.8 Å². The first kappa shape index (κ1) is 12.6. The van der Waals surface area contributed by atoms with E-state index in [1.54, 1.807) is 15.9 Å². The molecule has 2 heterocycles. The third-order valence-corrected chi connectivity index (χ3v) is 3.15. The van der Waals surface area contributed by atoms with Gasteiger partial charge in [0, 0.05) is 25.2 Å². The maximum absolute atomic E-state index is 12.1. The third-order valence-electron chi connectivity index (χ3n) is 3.15. The SMILES string of the molecule is CCC(=O)N1CCN(C(=O)c2cc(CC)[nH]n2)C1. The fraction of sp³-hybridized carbons (Fsp3) is 0.583. The van der Waals surface area contributed by atoms with Crippen LogP contribution in [0.5, 0.6) is 0 Å². The molecule has 0 aromatic carbocycles. The number of nitrogens with one attached hydrogen (secondary N) is 1. The van der Waals surface area contributed by atoms with E-state index in [1.165, 1.54) is 0 Å². The lowest BCUT2D eigenvalue weighted by Gasteiger charge is -2.16. The van der Waals surface area contributed by atoms with Gasteiger partial charge in [0.1, 0.15) is 5.69 Å². The summed E-state index contributed by atoms with van der Waals surface area (Å²) in [5, 5.41) is 6.83. The van der Waals surface area contributed by atoms with Crippen LogP contribution >= 0.6 is 0 Å². The van der Waals surface area contributed by atoms with Crippen LogP contribution in [0.4, 0.5) is 0 Å². The van der Waals surface area contributed by atoms with Crippen LogP contribution in [0.15, 0.2) is 6.07 Å². The highest BCUT2D eigenvalue weighted by molar-refractivity contribution is 5.93. The molecule has 1 saturated heterocycles. The minimum Gasteiger partial charge on any atom is -0.323 e. The quantitative estimate of drug-likeness (QED) is 0.855. The van der Waals surface area contributed by atoms with Gasteiger partial charge in [-0.3, -0.25) is 14.7 Å². The summed E-state index contributed by atoms with van der Waals surface area (Å²) in [5.41, 5.74) is 1.37. The number of amides is 2. The fourth-order valence-corrected chi connectivity index (χ4v) is 2.00. The molecule has 1 fully saturated rings. The van der Waals surface area contributed by atoms with Crippen molar-refractivity contribution in [2.75, 3.05) is 19.8 Å². The zero-order chi connectivity index (χ0) is 13.1. The number of aromatic amines is 1. The van der Waals surface area contributed by atoms with Crippen molar-refractivity contribution in [2.24, 2.45) is 0 Å². The average Bonchev–Trinajstić information content (AvgIpc) is 3.05. The summed E-state index contributed by atoms with van der Waals surface area (Å²) in [6.07, 6.45) is 1.30. The average molecular weight is 250 g/mol. The Bertz CT molecular complexity index is 455. The number of carbonyl (C=O) groups excluding carboxylic acids is 2. The van der Waals surface area contributed by atoms with Crippen molar-refractivity contribution in [3.8, 4) is 0 Å². The number of hydrogen-bond donors (Lipinski definition) is 1. The molecule has 1 aliphatic heterocycles. The molecule has 1 aromatic heterocycles. The molecule has 0 spiro atoms. The first-order chi connectivity index (χ1) is 8.65. The van der Waals surface area contributed by atoms with Crippen LogP contribution in [-0.2, 0) is 11.2 Å². The van der Waals surface area contributed by atoms with E-state index in [9.17, 15) is 9.59 Å². The van der Waals surface area contributed by atoms with Crippen molar-refractivity contribution in [1.29, 1.82) is 0 Å². The minimum absolute atomic E-state index is 0.0848. The van der Waals surface area contributed by atoms with Crippen LogP contribution in [0.1, 0.15) is 36.5 Å². The van der Waals surface area contributed by atoms with Crippen molar-refractivity contribution in [1.82, 2.24) is 20.0 Å². The van der Waals surface area contributed by atoms with Gasteiger partial charge in [-0.2, -0.15) is 5.10 Å². The highest BCUT2D eigenvalue weighted by Crippen LogP contribution is 2.11. The van der Waals surface area contributed by atoms with Gasteiger partial charge in [-0.25, -0.2) is 0 Å². The van der Waals surface area contributed by atoms with Gasteiger partial charge < -0.3 is 9.80 Å². The number of aromatic nitrogens is 2. The van der Waals surface area contributed by atoms with Gasteiger partial charge in [-0.1, -0.05) is 13.8 Å². The Morgan fingerprint density at radius 3 is 2.67 bits per heavy atom. The van der Waals surface area contributed by atoms with Gasteiger partial charge in [0.2, 0.25) is 5.91 Å². The topological polar surface area (TPSA) is 69.3 Å². The Hall–Kier alpha value is -1.85. The van der Waals surface area contributed by atoms with Gasteiger partial charge in [0.25, 0.3) is 5.91 Å². The Morgan fingerprint density at radius 1 is 1.33 bits per heavy atom. The number of hydrogen-bond acceptors (Lipinski definition) is 3. The van der Waals surface area contributed by atoms with E-state index >= 15 is 0 Å². The van der Waals surface area contributed by atoms with E-state index in [1.807, 2.05) is 13.8 Å². The second kappa shape index (κ2) is 5.20. The lowest BCUT2D eigenvalue weighted by molar-refractivity contribution is -0.130. The molecule has 0 atom stereocenters. The van der Waals surface area contributed by atoms with Gasteiger partial charge in [-0.05, 0) is 12.5 Å². The molecule has 1 N–H and O–H groups in total. The van der Waals surface area contributed by atoms with Gasteiger partial charge in [0.15, 0.2) is 0 Å². The predicted molar refractivity (Wildman–Crippen MR) is 65.9 cm³/mol. The Labute approximate surface area is 106 Å². The summed E-state index contributed by atoms with van der Waals surface area (Å²) in [6.45, 7) is 5.40. The van der Waals surface area contributed by atoms with Crippen molar-refractivity contribution < 1.29 is 9.59 Å². The Kier molecular flexibility index (Phi) is 3.64. The molecule has 0 unspecified atom stereocenters. The first-order valence-electron chi connectivity index (χ1n) is 6.27. The second-order valence-corrected chi connectivity index (χ2v) is 4.35. The minimum atomic E-state index is -0.114. The van der Waals surface area contributed by atoms with Crippen LogP contribution in [0.25, 0.3) is 0 Å². The van der Waals surface area contributed by atoms with Crippen molar-refractivity contribution in [2.45, 2.75) is 26.7 Å². The first-order valence-corrected chi connectivity index (χ1v) is 6.27. The molecule has 6 nitrogen and oxygen atoms in total. The van der Waals surface area contributed by atoms with E-state index in [0.29, 0.717) is 31.9 Å². The molecule has 2 rings (SSSR count). The molecular formula is C12H18N4O2. The molecule has 98 valence electrons. The Morgan fingerprint density at radius 2 is 2.06 bits per heavy atom. The van der Waals surface area contributed by atoms with Crippen molar-refractivity contribution >= 4 is 11.8 Å².